The third kappa shape index (κ3) is 6.57. The molecule has 4 nitrogen and oxygen atoms in total. The Kier molecular flexibility index (Phi) is 8.66. The van der Waals surface area contributed by atoms with Gasteiger partial charge in [-0.15, -0.1) is 0 Å². The van der Waals surface area contributed by atoms with E-state index in [2.05, 4.69) is 50.3 Å². The maximum Gasteiger partial charge on any atom is 0.531 e. The number of hydrogen-bond donors (Lipinski definition) is 0. The van der Waals surface area contributed by atoms with Crippen LogP contribution in [0.25, 0.3) is 0 Å². The molecule has 0 saturated heterocycles. The second-order valence-electron chi connectivity index (χ2n) is 11.3. The van der Waals surface area contributed by atoms with Crippen LogP contribution >= 0.6 is 7.82 Å². The van der Waals surface area contributed by atoms with E-state index in [4.69, 9.17) is 13.6 Å². The van der Waals surface area contributed by atoms with Crippen molar-refractivity contribution in [1.29, 1.82) is 0 Å². The van der Waals surface area contributed by atoms with Crippen LogP contribution in [-0.4, -0.2) is 11.2 Å². The second-order valence-corrected chi connectivity index (χ2v) is 12.8. The van der Waals surface area contributed by atoms with Gasteiger partial charge in [0, 0.05) is 11.8 Å². The molecule has 2 aliphatic rings. The maximum atomic E-state index is 15.0. The van der Waals surface area contributed by atoms with Crippen LogP contribution in [0.15, 0.2) is 140 Å². The summed E-state index contributed by atoms with van der Waals surface area (Å²) < 4.78 is 34.4. The molecular weight excluding hydrogens is 527 g/mol. The summed E-state index contributed by atoms with van der Waals surface area (Å²) in [4.78, 5) is 0. The van der Waals surface area contributed by atoms with Gasteiger partial charge in [-0.1, -0.05) is 141 Å². The quantitative estimate of drug-likeness (QED) is 0.229. The molecule has 2 aliphatic carbocycles. The van der Waals surface area contributed by atoms with Crippen LogP contribution in [-0.2, 0) is 13.6 Å². The van der Waals surface area contributed by atoms with Crippen LogP contribution < -0.4 is 4.52 Å². The highest BCUT2D eigenvalue weighted by molar-refractivity contribution is 7.49. The molecule has 3 aromatic carbocycles. The molecule has 5 rings (SSSR count). The first kappa shape index (κ1) is 29.1. The number of para-hydroxylation sites is 1. The van der Waals surface area contributed by atoms with E-state index >= 15 is 0 Å². The molecule has 212 valence electrons. The average Bonchev–Trinajstić information content (AvgIpc) is 2.97. The highest BCUT2D eigenvalue weighted by atomic mass is 31.2. The SMILES string of the molecule is CC(c1ccccc1)C1C=CC=CC1(C)OP(=O)(Oc1ccccc1)OC1(C)C=CC=CC1C(C)c1ccccc1. The van der Waals surface area contributed by atoms with Crippen molar-refractivity contribution in [3.63, 3.8) is 0 Å². The van der Waals surface area contributed by atoms with Gasteiger partial charge in [-0.3, -0.25) is 9.05 Å². The molecule has 0 N–H and O–H groups in total. The summed E-state index contributed by atoms with van der Waals surface area (Å²) in [7, 11) is -4.22. The fraction of sp³-hybridized carbons (Fsp3) is 0.278. The summed E-state index contributed by atoms with van der Waals surface area (Å²) >= 11 is 0. The van der Waals surface area contributed by atoms with Gasteiger partial charge in [0.1, 0.15) is 17.0 Å². The molecular formula is C36H39O4P. The number of hydrogen-bond acceptors (Lipinski definition) is 4. The summed E-state index contributed by atoms with van der Waals surface area (Å²) in [6, 6.07) is 29.8. The third-order valence-corrected chi connectivity index (χ3v) is 10.0. The van der Waals surface area contributed by atoms with Gasteiger partial charge in [0.2, 0.25) is 0 Å². The smallest absolute Gasteiger partial charge is 0.404 e. The average molecular weight is 567 g/mol. The molecule has 0 saturated carbocycles. The minimum atomic E-state index is -4.22. The Hall–Kier alpha value is -3.43. The first-order valence-electron chi connectivity index (χ1n) is 14.3. The lowest BCUT2D eigenvalue weighted by molar-refractivity contribution is -0.00811. The summed E-state index contributed by atoms with van der Waals surface area (Å²) in [5.41, 5.74) is 0.436. The Balaban J connectivity index is 1.50. The highest BCUT2D eigenvalue weighted by Gasteiger charge is 2.50. The van der Waals surface area contributed by atoms with Crippen LogP contribution in [0.3, 0.4) is 0 Å². The summed E-state index contributed by atoms with van der Waals surface area (Å²) in [5, 5.41) is 0. The Morgan fingerprint density at radius 3 is 1.41 bits per heavy atom. The summed E-state index contributed by atoms with van der Waals surface area (Å²) in [6.45, 7) is 8.26. The van der Waals surface area contributed by atoms with E-state index in [1.54, 1.807) is 12.1 Å². The van der Waals surface area contributed by atoms with Gasteiger partial charge in [-0.25, -0.2) is 4.57 Å². The minimum absolute atomic E-state index is 0.0894. The lowest BCUT2D eigenvalue weighted by atomic mass is 9.75. The Bertz CT molecular complexity index is 1370. The van der Waals surface area contributed by atoms with Crippen LogP contribution in [0, 0.1) is 11.8 Å². The van der Waals surface area contributed by atoms with Gasteiger partial charge < -0.3 is 4.52 Å². The van der Waals surface area contributed by atoms with Crippen LogP contribution in [0.4, 0.5) is 0 Å². The monoisotopic (exact) mass is 566 g/mol. The van der Waals surface area contributed by atoms with Crippen molar-refractivity contribution < 1.29 is 18.1 Å². The first-order valence-corrected chi connectivity index (χ1v) is 15.8. The fourth-order valence-corrected chi connectivity index (χ4v) is 7.87. The molecule has 0 aromatic heterocycles. The zero-order chi connectivity index (χ0) is 28.9. The summed E-state index contributed by atoms with van der Waals surface area (Å²) in [5.74, 6) is 0.381. The van der Waals surface area contributed by atoms with E-state index in [1.807, 2.05) is 105 Å². The van der Waals surface area contributed by atoms with E-state index in [0.717, 1.165) is 0 Å². The molecule has 3 aromatic rings. The second kappa shape index (κ2) is 12.2. The Labute approximate surface area is 244 Å². The maximum absolute atomic E-state index is 15.0. The molecule has 5 heteroatoms. The van der Waals surface area contributed by atoms with E-state index in [1.165, 1.54) is 11.1 Å². The minimum Gasteiger partial charge on any atom is -0.404 e. The van der Waals surface area contributed by atoms with Crippen molar-refractivity contribution >= 4 is 7.82 Å². The van der Waals surface area contributed by atoms with E-state index in [-0.39, 0.29) is 23.7 Å². The third-order valence-electron chi connectivity index (χ3n) is 8.34. The molecule has 0 bridgehead atoms. The van der Waals surface area contributed by atoms with Gasteiger partial charge in [0.25, 0.3) is 0 Å². The van der Waals surface area contributed by atoms with E-state index in [0.29, 0.717) is 5.75 Å². The molecule has 6 unspecified atom stereocenters. The van der Waals surface area contributed by atoms with Gasteiger partial charge in [0.05, 0.1) is 0 Å². The van der Waals surface area contributed by atoms with Crippen molar-refractivity contribution in [3.05, 3.63) is 151 Å². The normalized spacial score (nSPS) is 28.1. The zero-order valence-electron chi connectivity index (χ0n) is 24.2. The topological polar surface area (TPSA) is 44.8 Å². The molecule has 0 aliphatic heterocycles. The van der Waals surface area contributed by atoms with Gasteiger partial charge >= 0.3 is 7.82 Å². The first-order chi connectivity index (χ1) is 19.7. The molecule has 0 heterocycles. The Morgan fingerprint density at radius 1 is 0.610 bits per heavy atom. The highest BCUT2D eigenvalue weighted by Crippen LogP contribution is 2.60. The number of benzene rings is 3. The molecule has 0 spiro atoms. The van der Waals surface area contributed by atoms with Crippen LogP contribution in [0.2, 0.25) is 0 Å². The molecule has 6 atom stereocenters. The van der Waals surface area contributed by atoms with Crippen molar-refractivity contribution in [2.45, 2.75) is 50.7 Å². The molecule has 0 fully saturated rings. The largest absolute Gasteiger partial charge is 0.531 e. The predicted octanol–water partition coefficient (Wildman–Crippen LogP) is 9.82. The van der Waals surface area contributed by atoms with E-state index < -0.39 is 19.0 Å². The van der Waals surface area contributed by atoms with Gasteiger partial charge in [-0.05, 0) is 48.9 Å². The van der Waals surface area contributed by atoms with Crippen molar-refractivity contribution in [3.8, 4) is 5.75 Å². The van der Waals surface area contributed by atoms with Crippen molar-refractivity contribution in [1.82, 2.24) is 0 Å². The Morgan fingerprint density at radius 2 is 1.00 bits per heavy atom. The van der Waals surface area contributed by atoms with Gasteiger partial charge in [-0.2, -0.15) is 0 Å². The van der Waals surface area contributed by atoms with Crippen LogP contribution in [0.1, 0.15) is 50.7 Å². The molecule has 0 radical (unpaired) electrons. The zero-order valence-corrected chi connectivity index (χ0v) is 25.1. The number of phosphoric acid groups is 1. The van der Waals surface area contributed by atoms with E-state index in [9.17, 15) is 4.57 Å². The standard InChI is InChI=1S/C36H39O4P/c1-28(30-18-8-5-9-19-30)33-24-14-16-26-35(33,3)39-41(37,38-32-22-12-7-13-23-32)40-36(4)27-17-15-25-34(36)29(2)31-20-10-6-11-21-31/h5-29,33-34H,1-4H3. The van der Waals surface area contributed by atoms with Gasteiger partial charge in [0.15, 0.2) is 0 Å². The predicted molar refractivity (Wildman–Crippen MR) is 167 cm³/mol. The van der Waals surface area contributed by atoms with Crippen molar-refractivity contribution in [2.24, 2.45) is 11.8 Å². The lowest BCUT2D eigenvalue weighted by Crippen LogP contribution is -2.42. The lowest BCUT2D eigenvalue weighted by Gasteiger charge is -2.43. The molecule has 41 heavy (non-hydrogen) atoms. The summed E-state index contributed by atoms with van der Waals surface area (Å²) in [6.07, 6.45) is 16.1. The van der Waals surface area contributed by atoms with Crippen LogP contribution in [0.5, 0.6) is 5.75 Å². The number of allylic oxidation sites excluding steroid dienone is 4. The molecule has 0 amide bonds. The number of rotatable bonds is 10. The number of phosphoric ester groups is 1. The fourth-order valence-electron chi connectivity index (χ4n) is 6.05. The van der Waals surface area contributed by atoms with Crippen molar-refractivity contribution in [2.75, 3.05) is 0 Å².